The zero-order valence-electron chi connectivity index (χ0n) is 15.6. The highest BCUT2D eigenvalue weighted by Crippen LogP contribution is 2.24. The van der Waals surface area contributed by atoms with Crippen LogP contribution in [-0.4, -0.2) is 38.7 Å². The molecule has 1 aromatic heterocycles. The Kier molecular flexibility index (Phi) is 4.59. The summed E-state index contributed by atoms with van der Waals surface area (Å²) in [4.78, 5) is 18.8. The molecule has 0 bridgehead atoms. The first-order valence-electron chi connectivity index (χ1n) is 9.13. The second kappa shape index (κ2) is 7.19. The molecule has 0 aliphatic carbocycles. The van der Waals surface area contributed by atoms with E-state index in [1.807, 2.05) is 30.0 Å². The van der Waals surface area contributed by atoms with E-state index < -0.39 is 0 Å². The Labute approximate surface area is 159 Å². The van der Waals surface area contributed by atoms with Crippen LogP contribution in [0.5, 0.6) is 0 Å². The first-order valence-corrected chi connectivity index (χ1v) is 9.13. The van der Waals surface area contributed by atoms with Crippen molar-refractivity contribution < 1.29 is 4.79 Å². The van der Waals surface area contributed by atoms with Gasteiger partial charge in [-0.3, -0.25) is 4.79 Å². The highest BCUT2D eigenvalue weighted by Gasteiger charge is 2.21. The van der Waals surface area contributed by atoms with Crippen molar-refractivity contribution in [3.05, 3.63) is 83.4 Å². The van der Waals surface area contributed by atoms with E-state index in [0.717, 1.165) is 29.8 Å². The molecular formula is C22H22N4O. The van der Waals surface area contributed by atoms with Gasteiger partial charge in [0.15, 0.2) is 0 Å². The maximum atomic E-state index is 13.0. The molecule has 0 saturated carbocycles. The van der Waals surface area contributed by atoms with Crippen molar-refractivity contribution in [1.82, 2.24) is 19.7 Å². The van der Waals surface area contributed by atoms with Crippen LogP contribution in [0, 0.1) is 13.8 Å². The molecule has 0 N–H and O–H groups in total. The minimum atomic E-state index is 0.0804. The van der Waals surface area contributed by atoms with Crippen LogP contribution in [0.2, 0.25) is 0 Å². The molecule has 0 unspecified atom stereocenters. The number of aryl methyl sites for hydroxylation is 2. The molecule has 0 spiro atoms. The Morgan fingerprint density at radius 3 is 2.52 bits per heavy atom. The summed E-state index contributed by atoms with van der Waals surface area (Å²) >= 11 is 0. The number of hydrogen-bond acceptors (Lipinski definition) is 3. The lowest BCUT2D eigenvalue weighted by Gasteiger charge is -2.27. The van der Waals surface area contributed by atoms with E-state index in [-0.39, 0.29) is 5.91 Å². The van der Waals surface area contributed by atoms with Crippen LogP contribution < -0.4 is 0 Å². The normalized spacial score (nSPS) is 14.1. The van der Waals surface area contributed by atoms with Gasteiger partial charge in [-0.1, -0.05) is 35.9 Å². The van der Waals surface area contributed by atoms with Crippen LogP contribution in [0.15, 0.2) is 61.2 Å². The standard InChI is InChI=1S/C22H22N4O/c1-16-3-5-18(6-4-16)19-9-11-25(12-10-19)22(27)21-8-7-20(13-17(21)2)26-15-23-14-24-26/h3-9,13-15H,10-12H2,1-2H3. The van der Waals surface area contributed by atoms with Crippen LogP contribution >= 0.6 is 0 Å². The molecular weight excluding hydrogens is 336 g/mol. The van der Waals surface area contributed by atoms with Crippen molar-refractivity contribution >= 4 is 11.5 Å². The summed E-state index contributed by atoms with van der Waals surface area (Å²) in [5.41, 5.74) is 6.42. The second-order valence-electron chi connectivity index (χ2n) is 6.94. The molecule has 1 aliphatic heterocycles. The Morgan fingerprint density at radius 1 is 1.07 bits per heavy atom. The summed E-state index contributed by atoms with van der Waals surface area (Å²) in [5, 5.41) is 4.14. The third kappa shape index (κ3) is 3.53. The fourth-order valence-corrected chi connectivity index (χ4v) is 3.43. The lowest BCUT2D eigenvalue weighted by molar-refractivity contribution is 0.0772. The van der Waals surface area contributed by atoms with Gasteiger partial charge in [-0.2, -0.15) is 5.10 Å². The van der Waals surface area contributed by atoms with Crippen molar-refractivity contribution in [2.24, 2.45) is 0 Å². The van der Waals surface area contributed by atoms with E-state index in [1.54, 1.807) is 11.0 Å². The largest absolute Gasteiger partial charge is 0.335 e. The molecule has 5 heteroatoms. The van der Waals surface area contributed by atoms with Crippen LogP contribution in [0.25, 0.3) is 11.3 Å². The molecule has 3 aromatic rings. The summed E-state index contributed by atoms with van der Waals surface area (Å²) in [6, 6.07) is 14.3. The second-order valence-corrected chi connectivity index (χ2v) is 6.94. The summed E-state index contributed by atoms with van der Waals surface area (Å²) < 4.78 is 1.69. The third-order valence-electron chi connectivity index (χ3n) is 5.04. The summed E-state index contributed by atoms with van der Waals surface area (Å²) in [7, 11) is 0. The molecule has 0 radical (unpaired) electrons. The van der Waals surface area contributed by atoms with Crippen LogP contribution in [0.4, 0.5) is 0 Å². The fourth-order valence-electron chi connectivity index (χ4n) is 3.43. The Hall–Kier alpha value is -3.21. The van der Waals surface area contributed by atoms with Crippen LogP contribution in [0.1, 0.15) is 33.5 Å². The quantitative estimate of drug-likeness (QED) is 0.715. The average Bonchev–Trinajstić information content (AvgIpc) is 3.23. The molecule has 5 nitrogen and oxygen atoms in total. The van der Waals surface area contributed by atoms with Gasteiger partial charge in [-0.25, -0.2) is 9.67 Å². The lowest BCUT2D eigenvalue weighted by atomic mass is 9.98. The van der Waals surface area contributed by atoms with Crippen molar-refractivity contribution in [2.45, 2.75) is 20.3 Å². The number of carbonyl (C=O) groups excluding carboxylic acids is 1. The van der Waals surface area contributed by atoms with Crippen molar-refractivity contribution in [3.63, 3.8) is 0 Å². The predicted octanol–water partition coefficient (Wildman–Crippen LogP) is 3.81. The van der Waals surface area contributed by atoms with Gasteiger partial charge in [0.2, 0.25) is 0 Å². The Morgan fingerprint density at radius 2 is 1.89 bits per heavy atom. The van der Waals surface area contributed by atoms with E-state index in [9.17, 15) is 4.79 Å². The van der Waals surface area contributed by atoms with E-state index >= 15 is 0 Å². The monoisotopic (exact) mass is 358 g/mol. The molecule has 1 aliphatic rings. The molecule has 0 saturated heterocycles. The minimum absolute atomic E-state index is 0.0804. The summed E-state index contributed by atoms with van der Waals surface area (Å²) in [6.45, 7) is 5.44. The number of benzene rings is 2. The molecule has 27 heavy (non-hydrogen) atoms. The van der Waals surface area contributed by atoms with Gasteiger partial charge in [0.1, 0.15) is 12.7 Å². The van der Waals surface area contributed by atoms with Crippen LogP contribution in [-0.2, 0) is 0 Å². The van der Waals surface area contributed by atoms with Crippen molar-refractivity contribution in [3.8, 4) is 5.69 Å². The molecule has 0 fully saturated rings. The number of rotatable bonds is 3. The maximum absolute atomic E-state index is 13.0. The third-order valence-corrected chi connectivity index (χ3v) is 5.04. The van der Waals surface area contributed by atoms with Gasteiger partial charge < -0.3 is 4.90 Å². The SMILES string of the molecule is Cc1ccc(C2=CCN(C(=O)c3ccc(-n4cncn4)cc3C)CC2)cc1. The van der Waals surface area contributed by atoms with Gasteiger partial charge in [0.25, 0.3) is 5.91 Å². The van der Waals surface area contributed by atoms with Gasteiger partial charge in [-0.15, -0.1) is 0 Å². The summed E-state index contributed by atoms with van der Waals surface area (Å²) in [6.07, 6.45) is 6.20. The van der Waals surface area contributed by atoms with E-state index in [2.05, 4.69) is 47.3 Å². The Bertz CT molecular complexity index is 988. The number of carbonyl (C=O) groups is 1. The van der Waals surface area contributed by atoms with E-state index in [4.69, 9.17) is 0 Å². The zero-order valence-corrected chi connectivity index (χ0v) is 15.6. The molecule has 2 aromatic carbocycles. The van der Waals surface area contributed by atoms with Crippen molar-refractivity contribution in [1.29, 1.82) is 0 Å². The average molecular weight is 358 g/mol. The van der Waals surface area contributed by atoms with Gasteiger partial charge in [0.05, 0.1) is 5.69 Å². The van der Waals surface area contributed by atoms with Gasteiger partial charge in [0, 0.05) is 18.7 Å². The number of hydrogen-bond donors (Lipinski definition) is 0. The summed E-state index contributed by atoms with van der Waals surface area (Å²) in [5.74, 6) is 0.0804. The predicted molar refractivity (Wildman–Crippen MR) is 106 cm³/mol. The number of amides is 1. The molecule has 4 rings (SSSR count). The highest BCUT2D eigenvalue weighted by atomic mass is 16.2. The van der Waals surface area contributed by atoms with Gasteiger partial charge in [-0.05, 0) is 55.2 Å². The number of aromatic nitrogens is 3. The first kappa shape index (κ1) is 17.2. The van der Waals surface area contributed by atoms with E-state index in [0.29, 0.717) is 6.54 Å². The van der Waals surface area contributed by atoms with Crippen LogP contribution in [0.3, 0.4) is 0 Å². The number of nitrogens with zero attached hydrogens (tertiary/aromatic N) is 4. The molecule has 0 atom stereocenters. The highest BCUT2D eigenvalue weighted by molar-refractivity contribution is 5.96. The Balaban J connectivity index is 1.50. The lowest BCUT2D eigenvalue weighted by Crippen LogP contribution is -2.35. The first-order chi connectivity index (χ1) is 13.1. The molecule has 136 valence electrons. The van der Waals surface area contributed by atoms with Crippen molar-refractivity contribution in [2.75, 3.05) is 13.1 Å². The minimum Gasteiger partial charge on any atom is -0.335 e. The topological polar surface area (TPSA) is 51.0 Å². The fraction of sp³-hybridized carbons (Fsp3) is 0.227. The molecule has 1 amide bonds. The maximum Gasteiger partial charge on any atom is 0.254 e. The molecule has 2 heterocycles. The van der Waals surface area contributed by atoms with E-state index in [1.165, 1.54) is 23.0 Å². The van der Waals surface area contributed by atoms with Gasteiger partial charge >= 0.3 is 0 Å². The smallest absolute Gasteiger partial charge is 0.254 e. The zero-order chi connectivity index (χ0) is 18.8.